The fourth-order valence-electron chi connectivity index (χ4n) is 4.03. The number of carbonyl (C=O) groups excluding carboxylic acids is 1. The van der Waals surface area contributed by atoms with Crippen LogP contribution in [0.25, 0.3) is 10.8 Å². The van der Waals surface area contributed by atoms with Gasteiger partial charge in [-0.25, -0.2) is 8.42 Å². The minimum atomic E-state index is -3.86. The lowest BCUT2D eigenvalue weighted by atomic mass is 10.0. The van der Waals surface area contributed by atoms with Gasteiger partial charge in [-0.05, 0) is 40.6 Å². The average molecular weight is 459 g/mol. The number of anilines is 1. The maximum absolute atomic E-state index is 13.4. The Labute approximate surface area is 192 Å². The Morgan fingerprint density at radius 3 is 2.42 bits per heavy atom. The molecule has 0 fully saturated rings. The summed E-state index contributed by atoms with van der Waals surface area (Å²) in [5, 5.41) is 5.07. The van der Waals surface area contributed by atoms with Gasteiger partial charge in [0.05, 0.1) is 17.1 Å². The molecular formula is C26H22N2O4S. The summed E-state index contributed by atoms with van der Waals surface area (Å²) in [6.07, 6.45) is -0.978. The molecule has 1 amide bonds. The van der Waals surface area contributed by atoms with Crippen molar-refractivity contribution in [2.24, 2.45) is 0 Å². The first-order valence-corrected chi connectivity index (χ1v) is 12.1. The molecule has 0 saturated heterocycles. The van der Waals surface area contributed by atoms with E-state index in [1.54, 1.807) is 54.6 Å². The van der Waals surface area contributed by atoms with Crippen LogP contribution in [0.2, 0.25) is 0 Å². The van der Waals surface area contributed by atoms with Crippen LogP contribution in [0.4, 0.5) is 5.69 Å². The van der Waals surface area contributed by atoms with Gasteiger partial charge in [0.1, 0.15) is 5.75 Å². The lowest BCUT2D eigenvalue weighted by Gasteiger charge is -2.34. The highest BCUT2D eigenvalue weighted by Gasteiger charge is 2.37. The van der Waals surface area contributed by atoms with Gasteiger partial charge in [0.25, 0.3) is 15.9 Å². The van der Waals surface area contributed by atoms with E-state index in [-0.39, 0.29) is 17.3 Å². The number of benzene rings is 4. The Morgan fingerprint density at radius 2 is 1.58 bits per heavy atom. The second-order valence-electron chi connectivity index (χ2n) is 7.78. The first-order chi connectivity index (χ1) is 16.0. The van der Waals surface area contributed by atoms with Crippen molar-refractivity contribution in [3.8, 4) is 5.75 Å². The number of hydrogen-bond donors (Lipinski definition) is 1. The molecule has 0 unspecified atom stereocenters. The van der Waals surface area contributed by atoms with Gasteiger partial charge >= 0.3 is 0 Å². The molecule has 166 valence electrons. The zero-order chi connectivity index (χ0) is 22.8. The van der Waals surface area contributed by atoms with Crippen molar-refractivity contribution in [3.05, 3.63) is 103 Å². The SMILES string of the molecule is O=C(NCc1cccc2ccccc12)[C@@H]1CN(S(=O)(=O)c2ccccc2)c2ccccc2O1. The van der Waals surface area contributed by atoms with E-state index in [0.717, 1.165) is 16.3 Å². The molecule has 4 aromatic rings. The number of fused-ring (bicyclic) bond motifs is 2. The van der Waals surface area contributed by atoms with Crippen LogP contribution in [-0.2, 0) is 21.4 Å². The van der Waals surface area contributed by atoms with E-state index in [1.807, 2.05) is 42.5 Å². The Morgan fingerprint density at radius 1 is 0.879 bits per heavy atom. The van der Waals surface area contributed by atoms with E-state index >= 15 is 0 Å². The molecule has 6 nitrogen and oxygen atoms in total. The van der Waals surface area contributed by atoms with Gasteiger partial charge in [-0.3, -0.25) is 9.10 Å². The van der Waals surface area contributed by atoms with Crippen molar-refractivity contribution in [1.82, 2.24) is 5.32 Å². The number of sulfonamides is 1. The minimum absolute atomic E-state index is 0.115. The molecule has 4 aromatic carbocycles. The van der Waals surface area contributed by atoms with Crippen molar-refractivity contribution in [3.63, 3.8) is 0 Å². The number of para-hydroxylation sites is 2. The molecule has 0 aromatic heterocycles. The topological polar surface area (TPSA) is 75.7 Å². The number of amides is 1. The zero-order valence-electron chi connectivity index (χ0n) is 17.7. The predicted molar refractivity (Wildman–Crippen MR) is 128 cm³/mol. The third kappa shape index (κ3) is 4.03. The van der Waals surface area contributed by atoms with Crippen molar-refractivity contribution < 1.29 is 17.9 Å². The molecule has 0 spiro atoms. The van der Waals surface area contributed by atoms with E-state index < -0.39 is 16.1 Å². The smallest absolute Gasteiger partial charge is 0.264 e. The Balaban J connectivity index is 1.41. The molecule has 0 radical (unpaired) electrons. The molecule has 0 saturated carbocycles. The Bertz CT molecular complexity index is 1420. The van der Waals surface area contributed by atoms with Crippen LogP contribution in [0.3, 0.4) is 0 Å². The molecule has 1 N–H and O–H groups in total. The summed E-state index contributed by atoms with van der Waals surface area (Å²) < 4.78 is 33.9. The van der Waals surface area contributed by atoms with Crippen LogP contribution in [-0.4, -0.2) is 27.0 Å². The van der Waals surface area contributed by atoms with Crippen LogP contribution < -0.4 is 14.4 Å². The number of carbonyl (C=O) groups is 1. The predicted octanol–water partition coefficient (Wildman–Crippen LogP) is 4.11. The highest BCUT2D eigenvalue weighted by atomic mass is 32.2. The standard InChI is InChI=1S/C26H22N2O4S/c29-26(27-17-20-11-8-10-19-9-4-5-14-22(19)20)25-18-28(23-15-6-7-16-24(23)32-25)33(30,31)21-12-2-1-3-13-21/h1-16,25H,17-18H2,(H,27,29)/t25-/m0/s1. The van der Waals surface area contributed by atoms with Crippen LogP contribution in [0.15, 0.2) is 102 Å². The number of nitrogens with zero attached hydrogens (tertiary/aromatic N) is 1. The number of ether oxygens (including phenoxy) is 1. The highest BCUT2D eigenvalue weighted by molar-refractivity contribution is 7.92. The number of rotatable bonds is 5. The van der Waals surface area contributed by atoms with Crippen LogP contribution >= 0.6 is 0 Å². The number of hydrogen-bond acceptors (Lipinski definition) is 4. The summed E-state index contributed by atoms with van der Waals surface area (Å²) >= 11 is 0. The van der Waals surface area contributed by atoms with E-state index in [0.29, 0.717) is 18.0 Å². The van der Waals surface area contributed by atoms with Crippen LogP contribution in [0.1, 0.15) is 5.56 Å². The van der Waals surface area contributed by atoms with Crippen molar-refractivity contribution in [2.45, 2.75) is 17.5 Å². The fraction of sp³-hybridized carbons (Fsp3) is 0.115. The maximum atomic E-state index is 13.4. The molecule has 1 aliphatic rings. The van der Waals surface area contributed by atoms with Gasteiger partial charge in [0, 0.05) is 6.54 Å². The molecule has 5 rings (SSSR count). The average Bonchev–Trinajstić information content (AvgIpc) is 2.87. The molecule has 1 heterocycles. The van der Waals surface area contributed by atoms with Gasteiger partial charge in [-0.15, -0.1) is 0 Å². The summed E-state index contributed by atoms with van der Waals surface area (Å²) in [6, 6.07) is 29.0. The molecule has 7 heteroatoms. The summed E-state index contributed by atoms with van der Waals surface area (Å²) in [5.41, 5.74) is 1.39. The zero-order valence-corrected chi connectivity index (χ0v) is 18.5. The molecule has 1 atom stereocenters. The second kappa shape index (κ2) is 8.60. The second-order valence-corrected chi connectivity index (χ2v) is 9.64. The van der Waals surface area contributed by atoms with Gasteiger partial charge in [0.2, 0.25) is 0 Å². The van der Waals surface area contributed by atoms with E-state index in [2.05, 4.69) is 5.32 Å². The summed E-state index contributed by atoms with van der Waals surface area (Å²) in [6.45, 7) is 0.197. The molecule has 1 aliphatic heterocycles. The lowest BCUT2D eigenvalue weighted by molar-refractivity contribution is -0.127. The first kappa shape index (κ1) is 21.0. The summed E-state index contributed by atoms with van der Waals surface area (Å²) in [5.74, 6) is -0.0146. The van der Waals surface area contributed by atoms with E-state index in [1.165, 1.54) is 4.31 Å². The molecule has 33 heavy (non-hydrogen) atoms. The Kier molecular flexibility index (Phi) is 5.48. The summed E-state index contributed by atoms with van der Waals surface area (Å²) in [4.78, 5) is 13.2. The van der Waals surface area contributed by atoms with E-state index in [9.17, 15) is 13.2 Å². The lowest BCUT2D eigenvalue weighted by Crippen LogP contribution is -2.50. The largest absolute Gasteiger partial charge is 0.476 e. The third-order valence-electron chi connectivity index (χ3n) is 5.69. The van der Waals surface area contributed by atoms with Gasteiger partial charge in [-0.2, -0.15) is 0 Å². The van der Waals surface area contributed by atoms with Gasteiger partial charge < -0.3 is 10.1 Å². The highest BCUT2D eigenvalue weighted by Crippen LogP contribution is 2.36. The number of nitrogens with one attached hydrogen (secondary N) is 1. The minimum Gasteiger partial charge on any atom is -0.476 e. The van der Waals surface area contributed by atoms with E-state index in [4.69, 9.17) is 4.74 Å². The normalized spacial score (nSPS) is 15.5. The quantitative estimate of drug-likeness (QED) is 0.488. The third-order valence-corrected chi connectivity index (χ3v) is 7.49. The van der Waals surface area contributed by atoms with Crippen LogP contribution in [0.5, 0.6) is 5.75 Å². The van der Waals surface area contributed by atoms with Crippen molar-refractivity contribution >= 4 is 32.4 Å². The monoisotopic (exact) mass is 458 g/mol. The maximum Gasteiger partial charge on any atom is 0.264 e. The fourth-order valence-corrected chi connectivity index (χ4v) is 5.53. The van der Waals surface area contributed by atoms with Crippen molar-refractivity contribution in [1.29, 1.82) is 0 Å². The first-order valence-electron chi connectivity index (χ1n) is 10.6. The van der Waals surface area contributed by atoms with Gasteiger partial charge in [-0.1, -0.05) is 72.8 Å². The molecule has 0 aliphatic carbocycles. The van der Waals surface area contributed by atoms with Crippen molar-refractivity contribution in [2.75, 3.05) is 10.8 Å². The van der Waals surface area contributed by atoms with Crippen LogP contribution in [0, 0.1) is 0 Å². The molecular weight excluding hydrogens is 436 g/mol. The molecule has 0 bridgehead atoms. The summed E-state index contributed by atoms with van der Waals surface area (Å²) in [7, 11) is -3.86. The van der Waals surface area contributed by atoms with Gasteiger partial charge in [0.15, 0.2) is 6.10 Å². The Hall–Kier alpha value is -3.84.